The van der Waals surface area contributed by atoms with Crippen LogP contribution in [-0.2, 0) is 10.5 Å². The second-order valence-corrected chi connectivity index (χ2v) is 5.55. The number of carbonyl (C=O) groups excluding carboxylic acids is 1. The first-order valence-electron chi connectivity index (χ1n) is 5.71. The van der Waals surface area contributed by atoms with Gasteiger partial charge in [0.2, 0.25) is 5.91 Å². The van der Waals surface area contributed by atoms with Crippen LogP contribution in [0.3, 0.4) is 0 Å². The molecule has 1 amide bonds. The van der Waals surface area contributed by atoms with Crippen molar-refractivity contribution in [1.82, 2.24) is 5.32 Å². The summed E-state index contributed by atoms with van der Waals surface area (Å²) in [4.78, 5) is 11.7. The smallest absolute Gasteiger partial charge is 0.233 e. The second-order valence-electron chi connectivity index (χ2n) is 4.22. The summed E-state index contributed by atoms with van der Waals surface area (Å²) >= 11 is 1.70. The van der Waals surface area contributed by atoms with E-state index in [9.17, 15) is 4.79 Å². The Morgan fingerprint density at radius 3 is 2.75 bits per heavy atom. The van der Waals surface area contributed by atoms with Gasteiger partial charge in [-0.2, -0.15) is 0 Å². The van der Waals surface area contributed by atoms with E-state index in [0.717, 1.165) is 18.6 Å². The van der Waals surface area contributed by atoms with Gasteiger partial charge in [0.25, 0.3) is 0 Å². The molecule has 1 aliphatic carbocycles. The number of rotatable bonds is 5. The molecule has 2 nitrogen and oxygen atoms in total. The Bertz CT molecular complexity index is 348. The Morgan fingerprint density at radius 1 is 1.44 bits per heavy atom. The van der Waals surface area contributed by atoms with Crippen molar-refractivity contribution in [2.24, 2.45) is 0 Å². The molecule has 0 saturated heterocycles. The molecule has 0 radical (unpaired) electrons. The Hall–Kier alpha value is -0.960. The SMILES string of the molecule is C[C@@H](SCc1ccccc1)C(=O)NC1CC1. The predicted octanol–water partition coefficient (Wildman–Crippen LogP) is 2.59. The molecular formula is C13H17NOS. The molecule has 0 aliphatic heterocycles. The van der Waals surface area contributed by atoms with Crippen molar-refractivity contribution in [3.63, 3.8) is 0 Å². The topological polar surface area (TPSA) is 29.1 Å². The lowest BCUT2D eigenvalue weighted by Crippen LogP contribution is -2.32. The number of nitrogens with one attached hydrogen (secondary N) is 1. The summed E-state index contributed by atoms with van der Waals surface area (Å²) < 4.78 is 0. The average molecular weight is 235 g/mol. The molecule has 1 aromatic rings. The van der Waals surface area contributed by atoms with Gasteiger partial charge in [-0.25, -0.2) is 0 Å². The molecule has 1 N–H and O–H groups in total. The van der Waals surface area contributed by atoms with E-state index in [1.807, 2.05) is 25.1 Å². The van der Waals surface area contributed by atoms with Crippen molar-refractivity contribution in [1.29, 1.82) is 0 Å². The zero-order chi connectivity index (χ0) is 11.4. The van der Waals surface area contributed by atoms with Crippen molar-refractivity contribution in [2.45, 2.75) is 36.8 Å². The minimum atomic E-state index is 0.0424. The summed E-state index contributed by atoms with van der Waals surface area (Å²) in [7, 11) is 0. The van der Waals surface area contributed by atoms with Crippen LogP contribution in [0.5, 0.6) is 0 Å². The Morgan fingerprint density at radius 2 is 2.12 bits per heavy atom. The van der Waals surface area contributed by atoms with Crippen LogP contribution < -0.4 is 5.32 Å². The van der Waals surface area contributed by atoms with Crippen molar-refractivity contribution >= 4 is 17.7 Å². The first-order valence-corrected chi connectivity index (χ1v) is 6.76. The molecule has 2 rings (SSSR count). The molecular weight excluding hydrogens is 218 g/mol. The normalized spacial score (nSPS) is 16.8. The number of thioether (sulfide) groups is 1. The van der Waals surface area contributed by atoms with Crippen LogP contribution in [0, 0.1) is 0 Å². The van der Waals surface area contributed by atoms with E-state index in [1.54, 1.807) is 11.8 Å². The molecule has 0 aromatic heterocycles. The van der Waals surface area contributed by atoms with Gasteiger partial charge in [-0.15, -0.1) is 11.8 Å². The number of benzene rings is 1. The Kier molecular flexibility index (Phi) is 3.88. The van der Waals surface area contributed by atoms with Crippen molar-refractivity contribution in [3.8, 4) is 0 Å². The van der Waals surface area contributed by atoms with Gasteiger partial charge in [0, 0.05) is 11.8 Å². The highest BCUT2D eigenvalue weighted by Gasteiger charge is 2.25. The van der Waals surface area contributed by atoms with E-state index in [0.29, 0.717) is 6.04 Å². The number of carbonyl (C=O) groups is 1. The summed E-state index contributed by atoms with van der Waals surface area (Å²) in [6.45, 7) is 1.98. The average Bonchev–Trinajstić information content (AvgIpc) is 3.11. The summed E-state index contributed by atoms with van der Waals surface area (Å²) in [5.74, 6) is 1.09. The van der Waals surface area contributed by atoms with Gasteiger partial charge >= 0.3 is 0 Å². The Labute approximate surface area is 101 Å². The molecule has 1 atom stereocenters. The van der Waals surface area contributed by atoms with E-state index < -0.39 is 0 Å². The third-order valence-electron chi connectivity index (χ3n) is 2.64. The number of hydrogen-bond donors (Lipinski definition) is 1. The Balaban J connectivity index is 1.74. The molecule has 3 heteroatoms. The molecule has 86 valence electrons. The fraction of sp³-hybridized carbons (Fsp3) is 0.462. The maximum atomic E-state index is 11.7. The minimum Gasteiger partial charge on any atom is -0.352 e. The molecule has 1 saturated carbocycles. The van der Waals surface area contributed by atoms with Crippen LogP contribution in [-0.4, -0.2) is 17.2 Å². The zero-order valence-electron chi connectivity index (χ0n) is 9.48. The standard InChI is InChI=1S/C13H17NOS/c1-10(13(15)14-12-7-8-12)16-9-11-5-3-2-4-6-11/h2-6,10,12H,7-9H2,1H3,(H,14,15)/t10-/m1/s1. The first-order chi connectivity index (χ1) is 7.75. The lowest BCUT2D eigenvalue weighted by molar-refractivity contribution is -0.120. The fourth-order valence-corrected chi connectivity index (χ4v) is 2.27. The van der Waals surface area contributed by atoms with Gasteiger partial charge in [-0.3, -0.25) is 4.79 Å². The van der Waals surface area contributed by atoms with Crippen molar-refractivity contribution in [3.05, 3.63) is 35.9 Å². The summed E-state index contributed by atoms with van der Waals surface area (Å²) in [6, 6.07) is 10.7. The van der Waals surface area contributed by atoms with Crippen LogP contribution in [0.15, 0.2) is 30.3 Å². The quantitative estimate of drug-likeness (QED) is 0.850. The van der Waals surface area contributed by atoms with Crippen molar-refractivity contribution in [2.75, 3.05) is 0 Å². The van der Waals surface area contributed by atoms with E-state index in [4.69, 9.17) is 0 Å². The maximum Gasteiger partial charge on any atom is 0.233 e. The molecule has 1 aliphatic rings. The second kappa shape index (κ2) is 5.39. The molecule has 0 heterocycles. The lowest BCUT2D eigenvalue weighted by atomic mass is 10.2. The van der Waals surface area contributed by atoms with E-state index in [1.165, 1.54) is 5.56 Å². The van der Waals surface area contributed by atoms with Gasteiger partial charge in [0.15, 0.2) is 0 Å². The largest absolute Gasteiger partial charge is 0.352 e. The monoisotopic (exact) mass is 235 g/mol. The van der Waals surface area contributed by atoms with E-state index in [-0.39, 0.29) is 11.2 Å². The van der Waals surface area contributed by atoms with Crippen LogP contribution in [0.1, 0.15) is 25.3 Å². The third kappa shape index (κ3) is 3.56. The van der Waals surface area contributed by atoms with Crippen LogP contribution in [0.4, 0.5) is 0 Å². The van der Waals surface area contributed by atoms with Gasteiger partial charge < -0.3 is 5.32 Å². The van der Waals surface area contributed by atoms with Gasteiger partial charge in [0.05, 0.1) is 5.25 Å². The van der Waals surface area contributed by atoms with Crippen molar-refractivity contribution < 1.29 is 4.79 Å². The molecule has 0 unspecified atom stereocenters. The molecule has 1 fully saturated rings. The molecule has 16 heavy (non-hydrogen) atoms. The lowest BCUT2D eigenvalue weighted by Gasteiger charge is -2.11. The highest BCUT2D eigenvalue weighted by Crippen LogP contribution is 2.22. The van der Waals surface area contributed by atoms with Gasteiger partial charge in [0.1, 0.15) is 0 Å². The first kappa shape index (κ1) is 11.5. The highest BCUT2D eigenvalue weighted by molar-refractivity contribution is 7.99. The van der Waals surface area contributed by atoms with Crippen LogP contribution in [0.25, 0.3) is 0 Å². The molecule has 1 aromatic carbocycles. The summed E-state index contributed by atoms with van der Waals surface area (Å²) in [5, 5.41) is 3.07. The van der Waals surface area contributed by atoms with E-state index in [2.05, 4.69) is 17.4 Å². The zero-order valence-corrected chi connectivity index (χ0v) is 10.3. The summed E-state index contributed by atoms with van der Waals surface area (Å²) in [5.41, 5.74) is 1.28. The molecule has 0 bridgehead atoms. The highest BCUT2D eigenvalue weighted by atomic mass is 32.2. The van der Waals surface area contributed by atoms with Crippen LogP contribution >= 0.6 is 11.8 Å². The molecule has 0 spiro atoms. The maximum absolute atomic E-state index is 11.7. The van der Waals surface area contributed by atoms with Crippen LogP contribution in [0.2, 0.25) is 0 Å². The minimum absolute atomic E-state index is 0.0424. The third-order valence-corrected chi connectivity index (χ3v) is 3.85. The number of hydrogen-bond acceptors (Lipinski definition) is 2. The summed E-state index contributed by atoms with van der Waals surface area (Å²) in [6.07, 6.45) is 2.31. The van der Waals surface area contributed by atoms with E-state index >= 15 is 0 Å². The fourth-order valence-electron chi connectivity index (χ4n) is 1.42. The number of amides is 1. The predicted molar refractivity (Wildman–Crippen MR) is 68.4 cm³/mol. The van der Waals surface area contributed by atoms with Gasteiger partial charge in [-0.1, -0.05) is 30.3 Å². The van der Waals surface area contributed by atoms with Gasteiger partial charge in [-0.05, 0) is 25.3 Å².